The minimum absolute atomic E-state index is 0.138. The predicted molar refractivity (Wildman–Crippen MR) is 123 cm³/mol. The van der Waals surface area contributed by atoms with Crippen LogP contribution in [0.15, 0.2) is 71.1 Å². The normalized spacial score (nSPS) is 16.1. The number of thioether (sulfide) groups is 1. The SMILES string of the molecule is C=CCOc1ccc(/C=C2\SC(=Nc3ccc(N(CC)CC)cc3)NC2=O)cc1. The van der Waals surface area contributed by atoms with Crippen molar-refractivity contribution in [3.63, 3.8) is 0 Å². The minimum Gasteiger partial charge on any atom is -0.490 e. The molecule has 1 heterocycles. The molecule has 0 bridgehead atoms. The molecule has 1 fully saturated rings. The van der Waals surface area contributed by atoms with Gasteiger partial charge in [0.05, 0.1) is 10.6 Å². The van der Waals surface area contributed by atoms with Crippen LogP contribution in [0.1, 0.15) is 19.4 Å². The fourth-order valence-electron chi connectivity index (χ4n) is 2.89. The number of hydrogen-bond acceptors (Lipinski definition) is 5. The Bertz CT molecular complexity index is 914. The first-order valence-electron chi connectivity index (χ1n) is 9.61. The first-order valence-corrected chi connectivity index (χ1v) is 10.4. The van der Waals surface area contributed by atoms with E-state index in [1.807, 2.05) is 42.5 Å². The maximum atomic E-state index is 12.3. The molecular weight excluding hydrogens is 382 g/mol. The number of carbonyl (C=O) groups excluding carboxylic acids is 1. The monoisotopic (exact) mass is 407 g/mol. The largest absolute Gasteiger partial charge is 0.490 e. The van der Waals surface area contributed by atoms with E-state index in [9.17, 15) is 4.79 Å². The zero-order chi connectivity index (χ0) is 20.6. The zero-order valence-electron chi connectivity index (χ0n) is 16.7. The van der Waals surface area contributed by atoms with Crippen LogP contribution < -0.4 is 15.0 Å². The molecule has 150 valence electrons. The quantitative estimate of drug-likeness (QED) is 0.495. The summed E-state index contributed by atoms with van der Waals surface area (Å²) in [6.07, 6.45) is 3.55. The topological polar surface area (TPSA) is 53.9 Å². The lowest BCUT2D eigenvalue weighted by Gasteiger charge is -2.20. The number of hydrogen-bond donors (Lipinski definition) is 1. The summed E-state index contributed by atoms with van der Waals surface area (Å²) < 4.78 is 5.48. The average Bonchev–Trinajstić information content (AvgIpc) is 3.08. The number of nitrogens with one attached hydrogen (secondary N) is 1. The lowest BCUT2D eigenvalue weighted by Crippen LogP contribution is -2.21. The van der Waals surface area contributed by atoms with Crippen molar-refractivity contribution >= 4 is 40.3 Å². The molecule has 5 nitrogen and oxygen atoms in total. The van der Waals surface area contributed by atoms with E-state index in [-0.39, 0.29) is 5.91 Å². The molecule has 3 rings (SSSR count). The first-order chi connectivity index (χ1) is 14.1. The second kappa shape index (κ2) is 9.98. The summed E-state index contributed by atoms with van der Waals surface area (Å²) in [5.74, 6) is 0.631. The van der Waals surface area contributed by atoms with E-state index in [1.165, 1.54) is 17.4 Å². The van der Waals surface area contributed by atoms with Crippen molar-refractivity contribution in [3.05, 3.63) is 71.7 Å². The Hall–Kier alpha value is -2.99. The summed E-state index contributed by atoms with van der Waals surface area (Å²) in [5, 5.41) is 3.42. The lowest BCUT2D eigenvalue weighted by molar-refractivity contribution is -0.115. The Kier molecular flexibility index (Phi) is 7.14. The Balaban J connectivity index is 1.69. The van der Waals surface area contributed by atoms with E-state index in [2.05, 4.69) is 47.8 Å². The first kappa shape index (κ1) is 20.7. The average molecular weight is 408 g/mol. The van der Waals surface area contributed by atoms with Crippen LogP contribution in [0.4, 0.5) is 11.4 Å². The van der Waals surface area contributed by atoms with Gasteiger partial charge in [-0.25, -0.2) is 4.99 Å². The van der Waals surface area contributed by atoms with Gasteiger partial charge < -0.3 is 15.0 Å². The third-order valence-corrected chi connectivity index (χ3v) is 5.32. The molecule has 0 aliphatic carbocycles. The molecule has 2 aromatic rings. The van der Waals surface area contributed by atoms with Crippen LogP contribution in [0.5, 0.6) is 5.75 Å². The van der Waals surface area contributed by atoms with Gasteiger partial charge in [0.25, 0.3) is 5.91 Å². The summed E-state index contributed by atoms with van der Waals surface area (Å²) in [4.78, 5) is 19.7. The molecule has 1 saturated heterocycles. The molecule has 29 heavy (non-hydrogen) atoms. The number of anilines is 1. The molecule has 1 aliphatic rings. The molecule has 0 atom stereocenters. The van der Waals surface area contributed by atoms with Gasteiger partial charge in [0, 0.05) is 18.8 Å². The molecule has 0 radical (unpaired) electrons. The molecule has 0 spiro atoms. The summed E-state index contributed by atoms with van der Waals surface area (Å²) >= 11 is 1.34. The Morgan fingerprint density at radius 2 is 1.79 bits per heavy atom. The molecule has 0 unspecified atom stereocenters. The lowest BCUT2D eigenvalue weighted by atomic mass is 10.2. The van der Waals surface area contributed by atoms with Crippen molar-refractivity contribution in [1.29, 1.82) is 0 Å². The third-order valence-electron chi connectivity index (χ3n) is 4.41. The zero-order valence-corrected chi connectivity index (χ0v) is 17.5. The molecule has 1 aliphatic heterocycles. The number of carbonyl (C=O) groups is 1. The predicted octanol–water partition coefficient (Wildman–Crippen LogP) is 4.99. The van der Waals surface area contributed by atoms with E-state index >= 15 is 0 Å². The number of amides is 1. The summed E-state index contributed by atoms with van der Waals surface area (Å²) in [6.45, 7) is 10.3. The highest BCUT2D eigenvalue weighted by atomic mass is 32.2. The van der Waals surface area contributed by atoms with Gasteiger partial charge in [-0.05, 0) is 73.6 Å². The van der Waals surface area contributed by atoms with E-state index in [0.29, 0.717) is 16.7 Å². The van der Waals surface area contributed by atoms with Crippen LogP contribution in [0, 0.1) is 0 Å². The summed E-state index contributed by atoms with van der Waals surface area (Å²) in [6, 6.07) is 15.6. The van der Waals surface area contributed by atoms with Crippen molar-refractivity contribution in [2.45, 2.75) is 13.8 Å². The minimum atomic E-state index is -0.138. The van der Waals surface area contributed by atoms with Crippen molar-refractivity contribution in [2.24, 2.45) is 4.99 Å². The van der Waals surface area contributed by atoms with Gasteiger partial charge in [-0.2, -0.15) is 0 Å². The standard InChI is InChI=1S/C23H25N3O2S/c1-4-15-28-20-13-7-17(8-14-20)16-21-22(27)25-23(29-21)24-18-9-11-19(12-10-18)26(5-2)6-3/h4,7-14,16H,1,5-6,15H2,2-3H3,(H,24,25,27)/b21-16-. The fourth-order valence-corrected chi connectivity index (χ4v) is 3.73. The van der Waals surface area contributed by atoms with Crippen LogP contribution in [0.3, 0.4) is 0 Å². The van der Waals surface area contributed by atoms with E-state index < -0.39 is 0 Å². The molecule has 6 heteroatoms. The van der Waals surface area contributed by atoms with Crippen LogP contribution in [0.25, 0.3) is 6.08 Å². The van der Waals surface area contributed by atoms with Gasteiger partial charge in [-0.1, -0.05) is 24.8 Å². The number of aliphatic imine (C=N–C) groups is 1. The molecule has 0 saturated carbocycles. The highest BCUT2D eigenvalue weighted by Crippen LogP contribution is 2.29. The molecule has 1 N–H and O–H groups in total. The molecule has 0 aromatic heterocycles. The Morgan fingerprint density at radius 1 is 1.10 bits per heavy atom. The molecule has 1 amide bonds. The van der Waals surface area contributed by atoms with E-state index in [0.717, 1.165) is 30.1 Å². The maximum absolute atomic E-state index is 12.3. The molecular formula is C23H25N3O2S. The second-order valence-corrected chi connectivity index (χ2v) is 7.37. The van der Waals surface area contributed by atoms with Crippen LogP contribution >= 0.6 is 11.8 Å². The number of amidine groups is 1. The van der Waals surface area contributed by atoms with Crippen molar-refractivity contribution in [1.82, 2.24) is 5.32 Å². The maximum Gasteiger partial charge on any atom is 0.264 e. The number of ether oxygens (including phenoxy) is 1. The highest BCUT2D eigenvalue weighted by molar-refractivity contribution is 8.18. The Labute approximate surface area is 176 Å². The van der Waals surface area contributed by atoms with Gasteiger partial charge in [0.2, 0.25) is 0 Å². The summed E-state index contributed by atoms with van der Waals surface area (Å²) in [7, 11) is 0. The number of nitrogens with zero attached hydrogens (tertiary/aromatic N) is 2. The van der Waals surface area contributed by atoms with Gasteiger partial charge >= 0.3 is 0 Å². The highest BCUT2D eigenvalue weighted by Gasteiger charge is 2.23. The van der Waals surface area contributed by atoms with Gasteiger partial charge in [-0.3, -0.25) is 4.79 Å². The van der Waals surface area contributed by atoms with Gasteiger partial charge in [-0.15, -0.1) is 0 Å². The van der Waals surface area contributed by atoms with Crippen molar-refractivity contribution in [2.75, 3.05) is 24.6 Å². The second-order valence-electron chi connectivity index (χ2n) is 6.34. The molecule has 2 aromatic carbocycles. The Morgan fingerprint density at radius 3 is 2.41 bits per heavy atom. The van der Waals surface area contributed by atoms with Crippen LogP contribution in [-0.4, -0.2) is 30.8 Å². The van der Waals surface area contributed by atoms with Crippen LogP contribution in [0.2, 0.25) is 0 Å². The van der Waals surface area contributed by atoms with Gasteiger partial charge in [0.15, 0.2) is 5.17 Å². The smallest absolute Gasteiger partial charge is 0.264 e. The summed E-state index contributed by atoms with van der Waals surface area (Å²) in [5.41, 5.74) is 2.91. The van der Waals surface area contributed by atoms with Gasteiger partial charge in [0.1, 0.15) is 12.4 Å². The number of benzene rings is 2. The van der Waals surface area contributed by atoms with E-state index in [1.54, 1.807) is 6.08 Å². The fraction of sp³-hybridized carbons (Fsp3) is 0.217. The third kappa shape index (κ3) is 5.51. The van der Waals surface area contributed by atoms with Crippen molar-refractivity contribution in [3.8, 4) is 5.75 Å². The van der Waals surface area contributed by atoms with Crippen molar-refractivity contribution < 1.29 is 9.53 Å². The van der Waals surface area contributed by atoms with Crippen LogP contribution in [-0.2, 0) is 4.79 Å². The van der Waals surface area contributed by atoms with E-state index in [4.69, 9.17) is 4.74 Å². The number of rotatable bonds is 8.